The maximum atomic E-state index is 10.7. The fourth-order valence-corrected chi connectivity index (χ4v) is 1.04. The van der Waals surface area contributed by atoms with Crippen LogP contribution >= 0.6 is 11.6 Å². The predicted molar refractivity (Wildman–Crippen MR) is 82.3 cm³/mol. The van der Waals surface area contributed by atoms with Crippen LogP contribution in [0.1, 0.15) is 46.0 Å². The Morgan fingerprint density at radius 3 is 1.74 bits per heavy atom. The Balaban J connectivity index is -0.000000242. The van der Waals surface area contributed by atoms with Crippen molar-refractivity contribution in [3.05, 3.63) is 0 Å². The highest BCUT2D eigenvalue weighted by Gasteiger charge is 1.95. The summed E-state index contributed by atoms with van der Waals surface area (Å²) >= 11 is 5.04. The van der Waals surface area contributed by atoms with Crippen LogP contribution in [0.5, 0.6) is 0 Å². The van der Waals surface area contributed by atoms with E-state index in [1.54, 1.807) is 14.1 Å². The van der Waals surface area contributed by atoms with Crippen LogP contribution in [0.25, 0.3) is 0 Å². The number of nitrogens with one attached hydrogen (secondary N) is 2. The van der Waals surface area contributed by atoms with Gasteiger partial charge in [-0.2, -0.15) is 0 Å². The summed E-state index contributed by atoms with van der Waals surface area (Å²) in [4.78, 5) is 20.6. The van der Waals surface area contributed by atoms with E-state index in [-0.39, 0.29) is 17.7 Å². The smallest absolute Gasteiger partial charge is 0.234 e. The van der Waals surface area contributed by atoms with Crippen molar-refractivity contribution in [2.45, 2.75) is 46.0 Å². The van der Waals surface area contributed by atoms with Gasteiger partial charge in [-0.15, -0.1) is 11.6 Å². The fourth-order valence-electron chi connectivity index (χ4n) is 0.904. The molecule has 0 aliphatic heterocycles. The standard InChI is InChI=1S/C8H17NO.C3H6ClNO.C2H7N/c1-3-4-5-6-7-8(10)9-2;1-5-3(6)2-4;1-2-3/h3-7H2,1-2H3,(H,9,10);2H2,1H3,(H,5,6);2-3H2,1H3. The van der Waals surface area contributed by atoms with Gasteiger partial charge in [0.15, 0.2) is 0 Å². The van der Waals surface area contributed by atoms with Gasteiger partial charge in [0.1, 0.15) is 5.88 Å². The molecule has 4 N–H and O–H groups in total. The second-order valence-corrected chi connectivity index (χ2v) is 3.97. The van der Waals surface area contributed by atoms with Gasteiger partial charge in [-0.05, 0) is 13.0 Å². The normalized spacial score (nSPS) is 8.32. The fraction of sp³-hybridized carbons (Fsp3) is 0.846. The second kappa shape index (κ2) is 22.4. The van der Waals surface area contributed by atoms with Crippen molar-refractivity contribution >= 4 is 23.4 Å². The third-order valence-corrected chi connectivity index (χ3v) is 2.18. The van der Waals surface area contributed by atoms with E-state index in [1.165, 1.54) is 19.3 Å². The summed E-state index contributed by atoms with van der Waals surface area (Å²) in [5, 5.41) is 4.95. The third-order valence-electron chi connectivity index (χ3n) is 1.94. The molecule has 0 fully saturated rings. The Labute approximate surface area is 122 Å². The zero-order valence-electron chi connectivity index (χ0n) is 12.7. The van der Waals surface area contributed by atoms with Crippen LogP contribution in [0, 0.1) is 0 Å². The highest BCUT2D eigenvalue weighted by atomic mass is 35.5. The highest BCUT2D eigenvalue weighted by Crippen LogP contribution is 2.01. The van der Waals surface area contributed by atoms with Crippen LogP contribution in [-0.4, -0.2) is 38.3 Å². The van der Waals surface area contributed by atoms with Gasteiger partial charge in [-0.1, -0.05) is 33.1 Å². The summed E-state index contributed by atoms with van der Waals surface area (Å²) in [5.74, 6) is 0.0732. The number of amides is 2. The molecule has 0 bridgehead atoms. The molecule has 0 unspecified atom stereocenters. The van der Waals surface area contributed by atoms with Crippen LogP contribution in [0.4, 0.5) is 0 Å². The summed E-state index contributed by atoms with van der Waals surface area (Å²) in [6.45, 7) is 4.82. The number of hydrogen-bond acceptors (Lipinski definition) is 3. The van der Waals surface area contributed by atoms with Crippen LogP contribution in [-0.2, 0) is 9.59 Å². The van der Waals surface area contributed by atoms with Crippen molar-refractivity contribution in [1.29, 1.82) is 0 Å². The molecule has 0 aromatic rings. The lowest BCUT2D eigenvalue weighted by molar-refractivity contribution is -0.120. The van der Waals surface area contributed by atoms with Gasteiger partial charge < -0.3 is 16.4 Å². The largest absolute Gasteiger partial charge is 0.359 e. The molecule has 0 aromatic heterocycles. The molecule has 0 aliphatic carbocycles. The maximum Gasteiger partial charge on any atom is 0.234 e. The average molecular weight is 296 g/mol. The molecule has 0 aliphatic rings. The monoisotopic (exact) mass is 295 g/mol. The molecule has 5 nitrogen and oxygen atoms in total. The van der Waals surface area contributed by atoms with Gasteiger partial charge >= 0.3 is 0 Å². The first-order chi connectivity index (χ1) is 9.03. The van der Waals surface area contributed by atoms with Crippen molar-refractivity contribution in [3.8, 4) is 0 Å². The summed E-state index contributed by atoms with van der Waals surface area (Å²) in [5.41, 5.74) is 4.85. The Morgan fingerprint density at radius 1 is 1.00 bits per heavy atom. The molecule has 6 heteroatoms. The Hall–Kier alpha value is -0.810. The van der Waals surface area contributed by atoms with E-state index in [0.717, 1.165) is 13.0 Å². The van der Waals surface area contributed by atoms with Gasteiger partial charge in [0, 0.05) is 20.5 Å². The van der Waals surface area contributed by atoms with Gasteiger partial charge in [0.05, 0.1) is 0 Å². The van der Waals surface area contributed by atoms with Gasteiger partial charge in [-0.25, -0.2) is 0 Å². The number of unbranched alkanes of at least 4 members (excludes halogenated alkanes) is 3. The molecule has 116 valence electrons. The number of carbonyl (C=O) groups excluding carboxylic acids is 2. The summed E-state index contributed by atoms with van der Waals surface area (Å²) < 4.78 is 0. The topological polar surface area (TPSA) is 84.2 Å². The minimum Gasteiger partial charge on any atom is -0.359 e. The lowest BCUT2D eigenvalue weighted by atomic mass is 10.1. The molecule has 2 amide bonds. The molecular weight excluding hydrogens is 266 g/mol. The SMILES string of the molecule is CCCCCCC(=O)NC.CCN.CNC(=O)CCl. The van der Waals surface area contributed by atoms with E-state index >= 15 is 0 Å². The van der Waals surface area contributed by atoms with Crippen LogP contribution < -0.4 is 16.4 Å². The predicted octanol–water partition coefficient (Wildman–Crippen LogP) is 1.64. The van der Waals surface area contributed by atoms with E-state index < -0.39 is 0 Å². The summed E-state index contributed by atoms with van der Waals surface area (Å²) in [6.07, 6.45) is 5.39. The zero-order chi connectivity index (χ0) is 15.5. The molecule has 0 saturated carbocycles. The van der Waals surface area contributed by atoms with Crippen molar-refractivity contribution in [3.63, 3.8) is 0 Å². The summed E-state index contributed by atoms with van der Waals surface area (Å²) in [6, 6.07) is 0. The lowest BCUT2D eigenvalue weighted by Gasteiger charge is -1.97. The Bertz CT molecular complexity index is 196. The maximum absolute atomic E-state index is 10.7. The first kappa shape index (κ1) is 23.3. The average Bonchev–Trinajstić information content (AvgIpc) is 2.44. The minimum atomic E-state index is -0.142. The lowest BCUT2D eigenvalue weighted by Crippen LogP contribution is -2.18. The number of rotatable bonds is 6. The van der Waals surface area contributed by atoms with Crippen molar-refractivity contribution in [2.24, 2.45) is 5.73 Å². The van der Waals surface area contributed by atoms with E-state index in [0.29, 0.717) is 6.42 Å². The van der Waals surface area contributed by atoms with Crippen LogP contribution in [0.2, 0.25) is 0 Å². The number of nitrogens with two attached hydrogens (primary N) is 1. The molecule has 19 heavy (non-hydrogen) atoms. The minimum absolute atomic E-state index is 0.0521. The van der Waals surface area contributed by atoms with Crippen molar-refractivity contribution in [2.75, 3.05) is 26.5 Å². The quantitative estimate of drug-likeness (QED) is 0.514. The molecule has 0 heterocycles. The van der Waals surface area contributed by atoms with Crippen LogP contribution in [0.3, 0.4) is 0 Å². The van der Waals surface area contributed by atoms with Crippen molar-refractivity contribution < 1.29 is 9.59 Å². The first-order valence-corrected chi connectivity index (χ1v) is 7.24. The van der Waals surface area contributed by atoms with E-state index in [2.05, 4.69) is 17.6 Å². The molecule has 0 atom stereocenters. The van der Waals surface area contributed by atoms with Gasteiger partial charge in [-0.3, -0.25) is 9.59 Å². The van der Waals surface area contributed by atoms with Crippen LogP contribution in [0.15, 0.2) is 0 Å². The molecular formula is C13H30ClN3O2. The molecule has 0 saturated heterocycles. The first-order valence-electron chi connectivity index (χ1n) is 6.71. The third kappa shape index (κ3) is 31.7. The Kier molecular flexibility index (Phi) is 27.4. The van der Waals surface area contributed by atoms with Crippen molar-refractivity contribution in [1.82, 2.24) is 10.6 Å². The number of halogens is 1. The molecule has 0 radical (unpaired) electrons. The van der Waals surface area contributed by atoms with Gasteiger partial charge in [0.2, 0.25) is 11.8 Å². The Morgan fingerprint density at radius 2 is 1.47 bits per heavy atom. The van der Waals surface area contributed by atoms with E-state index in [9.17, 15) is 9.59 Å². The highest BCUT2D eigenvalue weighted by molar-refractivity contribution is 6.27. The van der Waals surface area contributed by atoms with Gasteiger partial charge in [0.25, 0.3) is 0 Å². The van der Waals surface area contributed by atoms with E-state index in [4.69, 9.17) is 17.3 Å². The molecule has 0 spiro atoms. The number of hydrogen-bond donors (Lipinski definition) is 3. The molecule has 0 rings (SSSR count). The van der Waals surface area contributed by atoms with E-state index in [1.807, 2.05) is 6.92 Å². The molecule has 0 aromatic carbocycles. The summed E-state index contributed by atoms with van der Waals surface area (Å²) in [7, 11) is 3.23. The number of carbonyl (C=O) groups is 2. The zero-order valence-corrected chi connectivity index (χ0v) is 13.5. The second-order valence-electron chi connectivity index (χ2n) is 3.70. The number of alkyl halides is 1.